The molecule has 4 nitrogen and oxygen atoms in total. The van der Waals surface area contributed by atoms with Crippen molar-refractivity contribution >= 4 is 17.7 Å². The van der Waals surface area contributed by atoms with Crippen molar-refractivity contribution in [2.24, 2.45) is 0 Å². The Morgan fingerprint density at radius 1 is 1.59 bits per heavy atom. The Morgan fingerprint density at radius 3 is 2.88 bits per heavy atom. The molecule has 0 saturated heterocycles. The maximum atomic E-state index is 11.4. The van der Waals surface area contributed by atoms with Crippen LogP contribution in [-0.2, 0) is 4.79 Å². The second-order valence-corrected chi connectivity index (χ2v) is 4.78. The number of hydrogen-bond donors (Lipinski definition) is 2. The van der Waals surface area contributed by atoms with Crippen LogP contribution >= 0.6 is 11.8 Å². The van der Waals surface area contributed by atoms with Crippen LogP contribution in [0.4, 0.5) is 0 Å². The first-order valence-electron chi connectivity index (χ1n) is 5.67. The molecule has 2 N–H and O–H groups in total. The molecule has 0 saturated carbocycles. The first kappa shape index (κ1) is 14.0. The molecule has 5 heteroatoms. The van der Waals surface area contributed by atoms with E-state index in [0.717, 1.165) is 17.9 Å². The zero-order valence-electron chi connectivity index (χ0n) is 10.1. The van der Waals surface area contributed by atoms with Gasteiger partial charge >= 0.3 is 0 Å². The summed E-state index contributed by atoms with van der Waals surface area (Å²) in [5.41, 5.74) is 0.643. The van der Waals surface area contributed by atoms with E-state index >= 15 is 0 Å². The van der Waals surface area contributed by atoms with Crippen molar-refractivity contribution in [3.63, 3.8) is 0 Å². The number of pyridine rings is 1. The Balaban J connectivity index is 2.39. The fourth-order valence-corrected chi connectivity index (χ4v) is 1.88. The maximum Gasteiger partial charge on any atom is 0.230 e. The van der Waals surface area contributed by atoms with Crippen LogP contribution in [0, 0.1) is 0 Å². The van der Waals surface area contributed by atoms with Gasteiger partial charge in [0, 0.05) is 17.6 Å². The second-order valence-electron chi connectivity index (χ2n) is 3.73. The zero-order chi connectivity index (χ0) is 12.7. The predicted octanol–water partition coefficient (Wildman–Crippen LogP) is 1.75. The van der Waals surface area contributed by atoms with Crippen LogP contribution in [0.1, 0.15) is 32.1 Å². The number of nitrogens with one attached hydrogen (secondary N) is 1. The van der Waals surface area contributed by atoms with E-state index in [1.165, 1.54) is 11.8 Å². The van der Waals surface area contributed by atoms with E-state index in [4.69, 9.17) is 0 Å². The zero-order valence-corrected chi connectivity index (χ0v) is 11.0. The van der Waals surface area contributed by atoms with Gasteiger partial charge in [-0.3, -0.25) is 9.78 Å². The van der Waals surface area contributed by atoms with E-state index in [1.54, 1.807) is 19.2 Å². The summed E-state index contributed by atoms with van der Waals surface area (Å²) in [6.45, 7) is 4.41. The number of amides is 1. The lowest BCUT2D eigenvalue weighted by molar-refractivity contribution is -0.118. The number of rotatable bonds is 6. The summed E-state index contributed by atoms with van der Waals surface area (Å²) in [7, 11) is 0. The molecule has 0 aromatic carbocycles. The summed E-state index contributed by atoms with van der Waals surface area (Å²) in [5, 5.41) is 12.1. The Labute approximate surface area is 106 Å². The summed E-state index contributed by atoms with van der Waals surface area (Å²) < 4.78 is 0. The molecule has 1 heterocycles. The normalized spacial score (nSPS) is 12.2. The number of aromatic nitrogens is 1. The lowest BCUT2D eigenvalue weighted by atomic mass is 10.2. The van der Waals surface area contributed by atoms with Crippen LogP contribution in [-0.4, -0.2) is 28.3 Å². The molecule has 0 aliphatic rings. The van der Waals surface area contributed by atoms with Crippen LogP contribution in [0.2, 0.25) is 0 Å². The van der Waals surface area contributed by atoms with Gasteiger partial charge in [-0.15, -0.1) is 11.8 Å². The largest absolute Gasteiger partial charge is 0.387 e. The minimum Gasteiger partial charge on any atom is -0.387 e. The highest BCUT2D eigenvalue weighted by atomic mass is 32.2. The highest BCUT2D eigenvalue weighted by Gasteiger charge is 2.04. The minimum absolute atomic E-state index is 0.0384. The molecule has 94 valence electrons. The third-order valence-electron chi connectivity index (χ3n) is 2.13. The van der Waals surface area contributed by atoms with E-state index in [-0.39, 0.29) is 5.91 Å². The van der Waals surface area contributed by atoms with E-state index in [0.29, 0.717) is 11.4 Å². The fraction of sp³-hybridized carbons (Fsp3) is 0.500. The van der Waals surface area contributed by atoms with Crippen molar-refractivity contribution in [3.8, 4) is 0 Å². The molecule has 17 heavy (non-hydrogen) atoms. The number of aliphatic hydroxyl groups is 1. The van der Waals surface area contributed by atoms with E-state index in [2.05, 4.69) is 10.3 Å². The molecule has 1 atom stereocenters. The maximum absolute atomic E-state index is 11.4. The molecular weight excluding hydrogens is 236 g/mol. The molecule has 1 amide bonds. The smallest absolute Gasteiger partial charge is 0.230 e. The predicted molar refractivity (Wildman–Crippen MR) is 68.9 cm³/mol. The molecular formula is C12H18N2O2S. The highest BCUT2D eigenvalue weighted by Crippen LogP contribution is 2.18. The number of carbonyl (C=O) groups is 1. The summed E-state index contributed by atoms with van der Waals surface area (Å²) >= 11 is 1.44. The Kier molecular flexibility index (Phi) is 6.00. The molecule has 0 fully saturated rings. The number of nitrogens with zero attached hydrogens (tertiary/aromatic N) is 1. The average molecular weight is 254 g/mol. The SMILES string of the molecule is CCCNC(=O)CSc1ccc([C@H](C)O)nc1. The average Bonchev–Trinajstić information content (AvgIpc) is 2.34. The quantitative estimate of drug-likeness (QED) is 0.759. The lowest BCUT2D eigenvalue weighted by Gasteiger charge is -2.05. The van der Waals surface area contributed by atoms with Crippen molar-refractivity contribution in [3.05, 3.63) is 24.0 Å². The Hall–Kier alpha value is -1.07. The minimum atomic E-state index is -0.554. The van der Waals surface area contributed by atoms with Gasteiger partial charge in [0.05, 0.1) is 17.6 Å². The highest BCUT2D eigenvalue weighted by molar-refractivity contribution is 8.00. The Morgan fingerprint density at radius 2 is 2.35 bits per heavy atom. The van der Waals surface area contributed by atoms with Gasteiger partial charge in [0.25, 0.3) is 0 Å². The van der Waals surface area contributed by atoms with Gasteiger partial charge in [-0.2, -0.15) is 0 Å². The van der Waals surface area contributed by atoms with Crippen LogP contribution in [0.5, 0.6) is 0 Å². The summed E-state index contributed by atoms with van der Waals surface area (Å²) in [6, 6.07) is 3.64. The standard InChI is InChI=1S/C12H18N2O2S/c1-3-6-13-12(16)8-17-10-4-5-11(9(2)15)14-7-10/h4-5,7,9,15H,3,6,8H2,1-2H3,(H,13,16)/t9-/m0/s1. The number of thioether (sulfide) groups is 1. The molecule has 1 aromatic heterocycles. The lowest BCUT2D eigenvalue weighted by Crippen LogP contribution is -2.25. The third-order valence-corrected chi connectivity index (χ3v) is 3.11. The van der Waals surface area contributed by atoms with Gasteiger partial charge in [0.15, 0.2) is 0 Å². The van der Waals surface area contributed by atoms with Gasteiger partial charge in [0.2, 0.25) is 5.91 Å². The number of carbonyl (C=O) groups excluding carboxylic acids is 1. The second kappa shape index (κ2) is 7.29. The molecule has 0 bridgehead atoms. The first-order chi connectivity index (χ1) is 8.13. The molecule has 0 spiro atoms. The topological polar surface area (TPSA) is 62.2 Å². The molecule has 0 aliphatic carbocycles. The first-order valence-corrected chi connectivity index (χ1v) is 6.65. The van der Waals surface area contributed by atoms with Gasteiger partial charge in [-0.05, 0) is 25.5 Å². The van der Waals surface area contributed by atoms with Crippen molar-refractivity contribution in [2.75, 3.05) is 12.3 Å². The number of hydrogen-bond acceptors (Lipinski definition) is 4. The fourth-order valence-electron chi connectivity index (χ4n) is 1.19. The van der Waals surface area contributed by atoms with Crippen molar-refractivity contribution in [2.45, 2.75) is 31.3 Å². The molecule has 0 aliphatic heterocycles. The van der Waals surface area contributed by atoms with Crippen LogP contribution < -0.4 is 5.32 Å². The summed E-state index contributed by atoms with van der Waals surface area (Å²) in [6.07, 6.45) is 2.07. The van der Waals surface area contributed by atoms with Gasteiger partial charge < -0.3 is 10.4 Å². The van der Waals surface area contributed by atoms with Crippen molar-refractivity contribution in [1.29, 1.82) is 0 Å². The van der Waals surface area contributed by atoms with Crippen LogP contribution in [0.25, 0.3) is 0 Å². The third kappa shape index (κ3) is 5.19. The van der Waals surface area contributed by atoms with E-state index < -0.39 is 6.10 Å². The van der Waals surface area contributed by atoms with E-state index in [1.807, 2.05) is 13.0 Å². The van der Waals surface area contributed by atoms with E-state index in [9.17, 15) is 9.90 Å². The van der Waals surface area contributed by atoms with Crippen molar-refractivity contribution < 1.29 is 9.90 Å². The summed E-state index contributed by atoms with van der Waals surface area (Å²) in [5.74, 6) is 0.437. The molecule has 1 rings (SSSR count). The molecule has 0 unspecified atom stereocenters. The molecule has 1 aromatic rings. The monoisotopic (exact) mass is 254 g/mol. The van der Waals surface area contributed by atoms with Crippen LogP contribution in [0.3, 0.4) is 0 Å². The van der Waals surface area contributed by atoms with Gasteiger partial charge in [-0.25, -0.2) is 0 Å². The number of aliphatic hydroxyl groups excluding tert-OH is 1. The summed E-state index contributed by atoms with van der Waals surface area (Å²) in [4.78, 5) is 16.4. The molecule has 0 radical (unpaired) electrons. The van der Waals surface area contributed by atoms with Gasteiger partial charge in [0.1, 0.15) is 0 Å². The van der Waals surface area contributed by atoms with Crippen molar-refractivity contribution in [1.82, 2.24) is 10.3 Å². The Bertz CT molecular complexity index is 352. The van der Waals surface area contributed by atoms with Crippen LogP contribution in [0.15, 0.2) is 23.2 Å². The van der Waals surface area contributed by atoms with Gasteiger partial charge in [-0.1, -0.05) is 6.92 Å².